The zero-order valence-corrected chi connectivity index (χ0v) is 21.4. The number of carbonyl (C=O) groups excluding carboxylic acids is 4. The van der Waals surface area contributed by atoms with E-state index < -0.39 is 47.9 Å². The van der Waals surface area contributed by atoms with Crippen LogP contribution in [0.25, 0.3) is 0 Å². The number of rotatable bonds is 13. The number of nitrogens with zero attached hydrogens (tertiary/aromatic N) is 1. The molecule has 1 aromatic rings. The van der Waals surface area contributed by atoms with Gasteiger partial charge >= 0.3 is 6.09 Å². The summed E-state index contributed by atoms with van der Waals surface area (Å²) in [6.45, 7) is 9.47. The van der Waals surface area contributed by atoms with Crippen molar-refractivity contribution in [1.82, 2.24) is 15.5 Å². The zero-order chi connectivity index (χ0) is 26.6. The fourth-order valence-corrected chi connectivity index (χ4v) is 3.40. The fraction of sp³-hybridized carbons (Fsp3) is 0.600. The maximum atomic E-state index is 13.7. The smallest absolute Gasteiger partial charge is 0.408 e. The van der Waals surface area contributed by atoms with Crippen LogP contribution in [-0.4, -0.2) is 58.6 Å². The van der Waals surface area contributed by atoms with Crippen LogP contribution >= 0.6 is 0 Å². The lowest BCUT2D eigenvalue weighted by molar-refractivity contribution is -0.143. The number of unbranched alkanes of at least 4 members (excludes halogenated alkanes) is 2. The second-order valence-electron chi connectivity index (χ2n) is 9.36. The molecule has 2 unspecified atom stereocenters. The molecule has 0 aliphatic rings. The van der Waals surface area contributed by atoms with Crippen LogP contribution in [0.3, 0.4) is 0 Å². The molecule has 0 aromatic heterocycles. The predicted molar refractivity (Wildman–Crippen MR) is 132 cm³/mol. The van der Waals surface area contributed by atoms with Gasteiger partial charge in [0.1, 0.15) is 23.4 Å². The lowest BCUT2D eigenvalue weighted by atomic mass is 10.0. The number of nitrogens with one attached hydrogen (secondary N) is 2. The van der Waals surface area contributed by atoms with Gasteiger partial charge in [0.2, 0.25) is 17.7 Å². The average Bonchev–Trinajstić information content (AvgIpc) is 2.75. The van der Waals surface area contributed by atoms with E-state index in [-0.39, 0.29) is 17.9 Å². The summed E-state index contributed by atoms with van der Waals surface area (Å²) >= 11 is 0. The number of phenols is 1. The monoisotopic (exact) mass is 492 g/mol. The molecule has 0 saturated heterocycles. The number of benzene rings is 1. The molecule has 0 heterocycles. The molecule has 2 atom stereocenters. The molecule has 0 aliphatic carbocycles. The summed E-state index contributed by atoms with van der Waals surface area (Å²) < 4.78 is 5.25. The number of ether oxygens (including phenoxy) is 1. The summed E-state index contributed by atoms with van der Waals surface area (Å²) in [6.07, 6.45) is 1.50. The number of para-hydroxylation sites is 1. The highest BCUT2D eigenvalue weighted by molar-refractivity contribution is 5.94. The normalized spacial score (nSPS) is 12.8. The van der Waals surface area contributed by atoms with E-state index in [0.717, 1.165) is 12.8 Å². The molecular formula is C25H40N4O6. The van der Waals surface area contributed by atoms with Gasteiger partial charge in [-0.3, -0.25) is 14.4 Å². The van der Waals surface area contributed by atoms with Crippen molar-refractivity contribution in [3.8, 4) is 5.75 Å². The molecule has 4 amide bonds. The molecule has 10 nitrogen and oxygen atoms in total. The Labute approximate surface area is 207 Å². The number of hydrogen-bond acceptors (Lipinski definition) is 6. The minimum absolute atomic E-state index is 0.149. The Balaban J connectivity index is 3.44. The molecule has 0 radical (unpaired) electrons. The quantitative estimate of drug-likeness (QED) is 0.311. The molecule has 0 bridgehead atoms. The van der Waals surface area contributed by atoms with E-state index in [0.29, 0.717) is 19.4 Å². The molecule has 10 heteroatoms. The average molecular weight is 493 g/mol. The fourth-order valence-electron chi connectivity index (χ4n) is 3.40. The van der Waals surface area contributed by atoms with Crippen LogP contribution in [0.5, 0.6) is 5.75 Å². The van der Waals surface area contributed by atoms with Crippen molar-refractivity contribution in [2.75, 3.05) is 13.1 Å². The first-order chi connectivity index (χ1) is 16.4. The lowest BCUT2D eigenvalue weighted by Crippen LogP contribution is -2.54. The molecule has 35 heavy (non-hydrogen) atoms. The SMILES string of the molecule is CCCCNC(=O)C(c1ccccc1O)N(CCCC)C(=O)C(CC(N)=O)NC(=O)OC(C)(C)C. The number of aromatic hydroxyl groups is 1. The van der Waals surface area contributed by atoms with Gasteiger partial charge in [0, 0.05) is 18.7 Å². The number of carbonyl (C=O) groups is 4. The second kappa shape index (κ2) is 14.2. The van der Waals surface area contributed by atoms with Gasteiger partial charge in [-0.1, -0.05) is 44.9 Å². The molecule has 0 fully saturated rings. The summed E-state index contributed by atoms with van der Waals surface area (Å²) in [5.41, 5.74) is 4.77. The van der Waals surface area contributed by atoms with Gasteiger partial charge in [-0.25, -0.2) is 4.79 Å². The van der Waals surface area contributed by atoms with E-state index in [9.17, 15) is 24.3 Å². The molecule has 0 saturated carbocycles. The van der Waals surface area contributed by atoms with Crippen molar-refractivity contribution in [2.24, 2.45) is 5.73 Å². The summed E-state index contributed by atoms with van der Waals surface area (Å²) in [4.78, 5) is 52.5. The van der Waals surface area contributed by atoms with Crippen LogP contribution in [-0.2, 0) is 19.1 Å². The lowest BCUT2D eigenvalue weighted by Gasteiger charge is -2.34. The van der Waals surface area contributed by atoms with Crippen molar-refractivity contribution in [3.05, 3.63) is 29.8 Å². The van der Waals surface area contributed by atoms with E-state index in [1.807, 2.05) is 13.8 Å². The minimum atomic E-state index is -1.35. The Morgan fingerprint density at radius 2 is 1.71 bits per heavy atom. The Hall–Kier alpha value is -3.30. The van der Waals surface area contributed by atoms with Gasteiger partial charge in [-0.2, -0.15) is 0 Å². The van der Waals surface area contributed by atoms with Crippen molar-refractivity contribution in [3.63, 3.8) is 0 Å². The third-order valence-corrected chi connectivity index (χ3v) is 5.05. The van der Waals surface area contributed by atoms with Gasteiger partial charge in [0.15, 0.2) is 0 Å². The summed E-state index contributed by atoms with van der Waals surface area (Å²) in [5, 5.41) is 15.8. The van der Waals surface area contributed by atoms with Crippen molar-refractivity contribution >= 4 is 23.8 Å². The van der Waals surface area contributed by atoms with Gasteiger partial charge in [-0.05, 0) is 39.7 Å². The van der Waals surface area contributed by atoms with Crippen molar-refractivity contribution < 1.29 is 29.0 Å². The molecule has 0 aliphatic heterocycles. The zero-order valence-electron chi connectivity index (χ0n) is 21.4. The van der Waals surface area contributed by atoms with Crippen LogP contribution in [0.2, 0.25) is 0 Å². The van der Waals surface area contributed by atoms with Gasteiger partial charge in [0.25, 0.3) is 0 Å². The van der Waals surface area contributed by atoms with Crippen LogP contribution < -0.4 is 16.4 Å². The van der Waals surface area contributed by atoms with Crippen molar-refractivity contribution in [1.29, 1.82) is 0 Å². The molecule has 0 spiro atoms. The summed E-state index contributed by atoms with van der Waals surface area (Å²) in [5.74, 6) is -2.10. The highest BCUT2D eigenvalue weighted by Gasteiger charge is 2.37. The number of alkyl carbamates (subject to hydrolysis) is 1. The first-order valence-corrected chi connectivity index (χ1v) is 12.0. The molecule has 1 aromatic carbocycles. The Bertz CT molecular complexity index is 868. The third kappa shape index (κ3) is 10.2. The number of primary amides is 1. The van der Waals surface area contributed by atoms with E-state index in [1.54, 1.807) is 39.0 Å². The van der Waals surface area contributed by atoms with Crippen molar-refractivity contribution in [2.45, 2.75) is 84.4 Å². The van der Waals surface area contributed by atoms with Gasteiger partial charge in [-0.15, -0.1) is 0 Å². The minimum Gasteiger partial charge on any atom is -0.508 e. The molecule has 5 N–H and O–H groups in total. The predicted octanol–water partition coefficient (Wildman–Crippen LogP) is 2.75. The number of phenolic OH excluding ortho intramolecular Hbond substituents is 1. The van der Waals surface area contributed by atoms with Crippen LogP contribution in [0.4, 0.5) is 4.79 Å². The van der Waals surface area contributed by atoms with E-state index >= 15 is 0 Å². The van der Waals surface area contributed by atoms with E-state index in [4.69, 9.17) is 10.5 Å². The second-order valence-corrected chi connectivity index (χ2v) is 9.36. The highest BCUT2D eigenvalue weighted by atomic mass is 16.6. The molecular weight excluding hydrogens is 452 g/mol. The van der Waals surface area contributed by atoms with Crippen LogP contribution in [0, 0.1) is 0 Å². The third-order valence-electron chi connectivity index (χ3n) is 5.05. The maximum absolute atomic E-state index is 13.7. The standard InChI is InChI=1S/C25H40N4O6/c1-6-8-14-27-22(32)21(17-12-10-11-13-19(17)30)29(15-9-7-2)23(33)18(16-20(26)31)28-24(34)35-25(3,4)5/h10-13,18,21,30H,6-9,14-16H2,1-5H3,(H2,26,31)(H,27,32)(H,28,34). The largest absolute Gasteiger partial charge is 0.508 e. The molecule has 1 rings (SSSR count). The summed E-state index contributed by atoms with van der Waals surface area (Å²) in [7, 11) is 0. The number of amides is 4. The Kier molecular flexibility index (Phi) is 12.0. The first kappa shape index (κ1) is 29.7. The van der Waals surface area contributed by atoms with Gasteiger partial charge in [0.05, 0.1) is 6.42 Å². The number of nitrogens with two attached hydrogens (primary N) is 1. The maximum Gasteiger partial charge on any atom is 0.408 e. The van der Waals surface area contributed by atoms with E-state index in [2.05, 4.69) is 10.6 Å². The first-order valence-electron chi connectivity index (χ1n) is 12.0. The topological polar surface area (TPSA) is 151 Å². The molecule has 196 valence electrons. The van der Waals surface area contributed by atoms with Crippen LogP contribution in [0.1, 0.15) is 78.3 Å². The van der Waals surface area contributed by atoms with E-state index in [1.165, 1.54) is 11.0 Å². The highest BCUT2D eigenvalue weighted by Crippen LogP contribution is 2.30. The Morgan fingerprint density at radius 3 is 2.26 bits per heavy atom. The van der Waals surface area contributed by atoms with Gasteiger partial charge < -0.3 is 31.1 Å². The Morgan fingerprint density at radius 1 is 1.09 bits per heavy atom. The number of hydrogen-bond donors (Lipinski definition) is 4. The van der Waals surface area contributed by atoms with Crippen LogP contribution in [0.15, 0.2) is 24.3 Å². The summed E-state index contributed by atoms with van der Waals surface area (Å²) in [6, 6.07) is 3.74.